The van der Waals surface area contributed by atoms with Crippen LogP contribution in [0.5, 0.6) is 0 Å². The van der Waals surface area contributed by atoms with Crippen molar-refractivity contribution < 1.29 is 0 Å². The van der Waals surface area contributed by atoms with Crippen molar-refractivity contribution in [1.29, 1.82) is 0 Å². The van der Waals surface area contributed by atoms with E-state index in [2.05, 4.69) is 30.4 Å². The van der Waals surface area contributed by atoms with E-state index in [9.17, 15) is 0 Å². The summed E-state index contributed by atoms with van der Waals surface area (Å²) < 4.78 is 0. The van der Waals surface area contributed by atoms with E-state index < -0.39 is 0 Å². The second kappa shape index (κ2) is 9.69. The Morgan fingerprint density at radius 1 is 0.719 bits per heavy atom. The molecule has 4 fully saturated rings. The van der Waals surface area contributed by atoms with E-state index in [1.165, 1.54) is 12.8 Å². The first-order chi connectivity index (χ1) is 15.5. The summed E-state index contributed by atoms with van der Waals surface area (Å²) in [5.41, 5.74) is 2.17. The third-order valence-electron chi connectivity index (χ3n) is 7.07. The van der Waals surface area contributed by atoms with Gasteiger partial charge >= 0.3 is 0 Å². The number of hydrogen-bond donors (Lipinski definition) is 2. The minimum Gasteiger partial charge on any atom is -0.365 e. The first-order valence-corrected chi connectivity index (χ1v) is 12.6. The van der Waals surface area contributed by atoms with Crippen LogP contribution < -0.4 is 20.4 Å². The second-order valence-corrected chi connectivity index (χ2v) is 10.4. The molecule has 4 saturated heterocycles. The number of anilines is 2. The molecule has 4 aliphatic rings. The summed E-state index contributed by atoms with van der Waals surface area (Å²) in [6.45, 7) is 6.65. The van der Waals surface area contributed by atoms with Crippen molar-refractivity contribution in [2.45, 2.75) is 24.9 Å². The van der Waals surface area contributed by atoms with Crippen LogP contribution in [0.4, 0.5) is 11.4 Å². The summed E-state index contributed by atoms with van der Waals surface area (Å²) in [7, 11) is 0. The predicted octanol–water partition coefficient (Wildman–Crippen LogP) is 4.37. The highest BCUT2D eigenvalue weighted by Gasteiger charge is 2.41. The van der Waals surface area contributed by atoms with E-state index in [-0.39, 0.29) is 0 Å². The van der Waals surface area contributed by atoms with Gasteiger partial charge in [0.25, 0.3) is 0 Å². The average molecular weight is 516 g/mol. The average Bonchev–Trinajstić information content (AvgIpc) is 2.75. The lowest BCUT2D eigenvalue weighted by Crippen LogP contribution is -2.63. The maximum atomic E-state index is 5.98. The number of aromatic nitrogens is 2. The van der Waals surface area contributed by atoms with E-state index in [4.69, 9.17) is 46.4 Å². The molecule has 0 saturated carbocycles. The maximum absolute atomic E-state index is 5.98. The molecule has 6 heterocycles. The van der Waals surface area contributed by atoms with Gasteiger partial charge in [0.1, 0.15) is 10.3 Å². The highest BCUT2D eigenvalue weighted by Crippen LogP contribution is 2.37. The van der Waals surface area contributed by atoms with Crippen LogP contribution in [0.25, 0.3) is 0 Å². The number of hydrogen-bond acceptors (Lipinski definition) is 6. The lowest BCUT2D eigenvalue weighted by Gasteiger charge is -2.52. The molecular weight excluding hydrogens is 490 g/mol. The van der Waals surface area contributed by atoms with Gasteiger partial charge in [0, 0.05) is 38.3 Å². The zero-order chi connectivity index (χ0) is 22.2. The van der Waals surface area contributed by atoms with E-state index in [0.29, 0.717) is 32.4 Å². The molecule has 2 aromatic rings. The lowest BCUT2D eigenvalue weighted by molar-refractivity contribution is 0.229. The summed E-state index contributed by atoms with van der Waals surface area (Å²) in [5.74, 6) is 1.66. The molecule has 10 heteroatoms. The van der Waals surface area contributed by atoms with Crippen molar-refractivity contribution in [3.8, 4) is 0 Å². The van der Waals surface area contributed by atoms with Crippen molar-refractivity contribution in [1.82, 2.24) is 20.6 Å². The van der Waals surface area contributed by atoms with Crippen LogP contribution >= 0.6 is 46.4 Å². The van der Waals surface area contributed by atoms with Gasteiger partial charge in [0.15, 0.2) is 0 Å². The second-order valence-electron chi connectivity index (χ2n) is 8.88. The maximum Gasteiger partial charge on any atom is 0.147 e. The highest BCUT2D eigenvalue weighted by molar-refractivity contribution is 6.41. The van der Waals surface area contributed by atoms with E-state index in [0.717, 1.165) is 62.5 Å². The number of fused-ring (bicyclic) bond motifs is 2. The third-order valence-corrected chi connectivity index (χ3v) is 8.44. The number of nitrogens with zero attached hydrogens (tertiary/aromatic N) is 4. The molecule has 0 spiro atoms. The minimum absolute atomic E-state index is 0.379. The monoisotopic (exact) mass is 514 g/mol. The zero-order valence-electron chi connectivity index (χ0n) is 17.6. The molecule has 0 amide bonds. The molecule has 0 unspecified atom stereocenters. The topological polar surface area (TPSA) is 56.3 Å². The molecule has 0 bridgehead atoms. The van der Waals surface area contributed by atoms with Gasteiger partial charge < -0.3 is 20.4 Å². The molecule has 2 N–H and O–H groups in total. The standard InChI is InChI=1S/2C11H13Cl2N3/c2*12-9-3-8(4-15-11(9)13)16-6-7-1-2-14-5-10(7)16/h2*3-4,7,10,14H,1-2,5-6H2/t2*7-,10-/m10/s1. The van der Waals surface area contributed by atoms with Gasteiger partial charge in [-0.05, 0) is 49.9 Å². The fourth-order valence-electron chi connectivity index (χ4n) is 5.18. The van der Waals surface area contributed by atoms with Crippen LogP contribution in [0.3, 0.4) is 0 Å². The zero-order valence-corrected chi connectivity index (χ0v) is 20.6. The number of rotatable bonds is 2. The summed E-state index contributed by atoms with van der Waals surface area (Å²) in [6.07, 6.45) is 6.16. The molecule has 4 atom stereocenters. The number of halogens is 4. The van der Waals surface area contributed by atoms with Crippen molar-refractivity contribution in [3.63, 3.8) is 0 Å². The van der Waals surface area contributed by atoms with Crippen LogP contribution in [0.2, 0.25) is 20.4 Å². The first-order valence-electron chi connectivity index (χ1n) is 11.1. The van der Waals surface area contributed by atoms with Crippen LogP contribution in [-0.2, 0) is 0 Å². The summed E-state index contributed by atoms with van der Waals surface area (Å²) in [6, 6.07) is 5.02. The third kappa shape index (κ3) is 4.50. The minimum atomic E-state index is 0.379. The van der Waals surface area contributed by atoms with Gasteiger partial charge in [-0.2, -0.15) is 0 Å². The molecule has 0 radical (unpaired) electrons. The fourth-order valence-corrected chi connectivity index (χ4v) is 5.71. The Labute approximate surface area is 208 Å². The molecular formula is C22H26Cl4N6. The van der Waals surface area contributed by atoms with Gasteiger partial charge in [-0.1, -0.05) is 46.4 Å². The van der Waals surface area contributed by atoms with Crippen LogP contribution in [0.1, 0.15) is 12.8 Å². The van der Waals surface area contributed by atoms with E-state index >= 15 is 0 Å². The van der Waals surface area contributed by atoms with E-state index in [1.54, 1.807) is 12.4 Å². The molecule has 4 aliphatic heterocycles. The summed E-state index contributed by atoms with van der Waals surface area (Å²) in [5, 5.41) is 8.67. The normalized spacial score (nSPS) is 28.5. The fraction of sp³-hybridized carbons (Fsp3) is 0.545. The Morgan fingerprint density at radius 2 is 1.16 bits per heavy atom. The number of pyridine rings is 2. The van der Waals surface area contributed by atoms with Crippen molar-refractivity contribution in [2.24, 2.45) is 11.8 Å². The molecule has 32 heavy (non-hydrogen) atoms. The van der Waals surface area contributed by atoms with Gasteiger partial charge in [-0.15, -0.1) is 0 Å². The summed E-state index contributed by atoms with van der Waals surface area (Å²) >= 11 is 23.6. The van der Waals surface area contributed by atoms with Gasteiger partial charge in [-0.25, -0.2) is 9.97 Å². The molecule has 0 aromatic carbocycles. The Morgan fingerprint density at radius 3 is 1.53 bits per heavy atom. The lowest BCUT2D eigenvalue weighted by atomic mass is 9.83. The highest BCUT2D eigenvalue weighted by atomic mass is 35.5. The Hall–Kier alpha value is -1.02. The van der Waals surface area contributed by atoms with Gasteiger partial charge in [0.2, 0.25) is 0 Å². The Balaban J connectivity index is 0.000000135. The molecule has 6 nitrogen and oxygen atoms in total. The van der Waals surface area contributed by atoms with Crippen LogP contribution in [-0.4, -0.2) is 61.3 Å². The molecule has 0 aliphatic carbocycles. The van der Waals surface area contributed by atoms with Crippen LogP contribution in [0.15, 0.2) is 24.5 Å². The van der Waals surface area contributed by atoms with Gasteiger partial charge in [0.05, 0.1) is 33.8 Å². The Kier molecular flexibility index (Phi) is 6.89. The molecule has 6 rings (SSSR count). The first kappa shape index (κ1) is 22.8. The van der Waals surface area contributed by atoms with Crippen molar-refractivity contribution in [3.05, 3.63) is 44.9 Å². The van der Waals surface area contributed by atoms with Crippen LogP contribution in [0, 0.1) is 11.8 Å². The van der Waals surface area contributed by atoms with Crippen molar-refractivity contribution >= 4 is 57.8 Å². The Bertz CT molecular complexity index is 898. The molecule has 2 aromatic heterocycles. The number of piperidine rings is 2. The van der Waals surface area contributed by atoms with Gasteiger partial charge in [-0.3, -0.25) is 0 Å². The SMILES string of the molecule is Clc1cc(N2C[C@@H]3CCNC[C@@H]32)cnc1Cl.Clc1cc(N2C[C@H]3CCNC[C@H]32)cnc1Cl. The largest absolute Gasteiger partial charge is 0.365 e. The predicted molar refractivity (Wildman–Crippen MR) is 133 cm³/mol. The smallest absolute Gasteiger partial charge is 0.147 e. The number of nitrogens with one attached hydrogen (secondary N) is 2. The van der Waals surface area contributed by atoms with Crippen molar-refractivity contribution in [2.75, 3.05) is 49.1 Å². The quantitative estimate of drug-likeness (QED) is 0.579. The van der Waals surface area contributed by atoms with E-state index in [1.807, 2.05) is 12.1 Å². The molecule has 172 valence electrons. The summed E-state index contributed by atoms with van der Waals surface area (Å²) in [4.78, 5) is 12.9.